The summed E-state index contributed by atoms with van der Waals surface area (Å²) < 4.78 is 25.7. The van der Waals surface area contributed by atoms with Crippen LogP contribution in [0.4, 0.5) is 0 Å². The molecule has 1 saturated heterocycles. The van der Waals surface area contributed by atoms with Gasteiger partial charge in [0.25, 0.3) is 0 Å². The molecule has 298 valence electrons. The molecule has 2 aliphatic rings. The van der Waals surface area contributed by atoms with Gasteiger partial charge in [-0.05, 0) is 27.7 Å². The molecule has 2 aliphatic heterocycles. The van der Waals surface area contributed by atoms with Gasteiger partial charge in [0, 0.05) is 52.2 Å². The van der Waals surface area contributed by atoms with E-state index in [-0.39, 0.29) is 29.0 Å². The van der Waals surface area contributed by atoms with E-state index in [0.717, 1.165) is 33.9 Å². The summed E-state index contributed by atoms with van der Waals surface area (Å²) >= 11 is 5.11. The minimum absolute atomic E-state index is 0. The summed E-state index contributed by atoms with van der Waals surface area (Å²) in [6.45, 7) is 8.28. The number of esters is 4. The van der Waals surface area contributed by atoms with E-state index < -0.39 is 53.7 Å². The fourth-order valence-electron chi connectivity index (χ4n) is 6.34. The minimum atomic E-state index is -1.19. The van der Waals surface area contributed by atoms with Gasteiger partial charge in [-0.25, -0.2) is 0 Å². The zero-order chi connectivity index (χ0) is 39.3. The third-order valence-corrected chi connectivity index (χ3v) is 8.89. The summed E-state index contributed by atoms with van der Waals surface area (Å²) in [6, 6.07) is 42.8. The number of carbonyl (C=O) groups excluding carboxylic acids is 4. The maximum atomic E-state index is 11.4. The second-order valence-corrected chi connectivity index (χ2v) is 13.3. The Balaban J connectivity index is 0.000000254. The van der Waals surface area contributed by atoms with Crippen LogP contribution in [-0.4, -0.2) is 70.1 Å². The number of carbonyl (C=O) groups is 4. The quantitative estimate of drug-likeness (QED) is 0.0555. The Morgan fingerprint density at radius 1 is 0.571 bits per heavy atom. The molecule has 0 aromatic heterocycles. The van der Waals surface area contributed by atoms with Crippen molar-refractivity contribution in [3.63, 3.8) is 0 Å². The summed E-state index contributed by atoms with van der Waals surface area (Å²) in [6.07, 6.45) is -4.47. The SMILES string of the molecule is CC(=O)OCC1O[C@@H]([S-])C(OC(C)=O)[C@H](OC(C)=O)[C@@H]1OC(C)=O.[Au+].c1ccc(CN2[CH-]N(Cc3ccccc3)C(c3ccccc3)=C2c2ccccc2)cc1. The third kappa shape index (κ3) is 12.3. The average molecular weight is 962 g/mol. The molecule has 0 bridgehead atoms. The Bertz CT molecular complexity index is 1830. The summed E-state index contributed by atoms with van der Waals surface area (Å²) in [7, 11) is 0. The van der Waals surface area contributed by atoms with E-state index in [1.807, 2.05) is 0 Å². The smallest absolute Gasteiger partial charge is 0.757 e. The van der Waals surface area contributed by atoms with Crippen LogP contribution in [0.15, 0.2) is 121 Å². The molecule has 6 rings (SSSR count). The monoisotopic (exact) mass is 961 g/mol. The van der Waals surface area contributed by atoms with Crippen LogP contribution in [0.2, 0.25) is 0 Å². The first-order chi connectivity index (χ1) is 26.5. The molecular formula is C43H44AuN2O9S-. The summed E-state index contributed by atoms with van der Waals surface area (Å²) in [4.78, 5) is 49.8. The molecule has 0 spiro atoms. The molecule has 0 radical (unpaired) electrons. The minimum Gasteiger partial charge on any atom is -0.757 e. The molecule has 0 amide bonds. The van der Waals surface area contributed by atoms with E-state index in [2.05, 4.69) is 138 Å². The molecular weight excluding hydrogens is 918 g/mol. The first-order valence-electron chi connectivity index (χ1n) is 17.8. The Labute approximate surface area is 348 Å². The van der Waals surface area contributed by atoms with E-state index in [9.17, 15) is 19.2 Å². The maximum absolute atomic E-state index is 11.4. The van der Waals surface area contributed by atoms with Crippen LogP contribution in [0.1, 0.15) is 49.9 Å². The number of hydrogen-bond acceptors (Lipinski definition) is 12. The maximum Gasteiger partial charge on any atom is 1.00 e. The van der Waals surface area contributed by atoms with Gasteiger partial charge in [0.2, 0.25) is 0 Å². The summed E-state index contributed by atoms with van der Waals surface area (Å²) in [5, 5.41) is 0. The van der Waals surface area contributed by atoms with Crippen molar-refractivity contribution in [3.05, 3.63) is 150 Å². The van der Waals surface area contributed by atoms with Crippen LogP contribution >= 0.6 is 0 Å². The molecule has 0 saturated carbocycles. The Hall–Kier alpha value is -4.85. The van der Waals surface area contributed by atoms with Crippen molar-refractivity contribution in [3.8, 4) is 0 Å². The molecule has 2 unspecified atom stereocenters. The van der Waals surface area contributed by atoms with E-state index >= 15 is 0 Å². The van der Waals surface area contributed by atoms with Crippen molar-refractivity contribution in [2.75, 3.05) is 6.61 Å². The van der Waals surface area contributed by atoms with Crippen LogP contribution in [0.25, 0.3) is 11.4 Å². The standard InChI is InChI=1S/C29H25N2.C14H20O9S.Au/c1-5-13-24(14-6-1)21-30-23-31(22-25-15-7-2-8-16-25)29(27-19-11-4-12-20-27)28(30)26-17-9-3-10-18-26;1-6(15)19-5-10-11(20-7(2)16)12(21-8(3)17)13(14(24)23-10)22-9(4)18;/h1-20,23H,21-22H2;10-14,24H,5H2,1-4H3;/q-1;;+1/p-1/t;10?,11-,12-,13?,14+;/m.1./s1. The van der Waals surface area contributed by atoms with Crippen LogP contribution in [0.3, 0.4) is 0 Å². The number of hydrogen-bond donors (Lipinski definition) is 0. The van der Waals surface area contributed by atoms with Crippen molar-refractivity contribution >= 4 is 47.9 Å². The van der Waals surface area contributed by atoms with Gasteiger partial charge >= 0.3 is 46.3 Å². The Kier molecular flexibility index (Phi) is 16.8. The van der Waals surface area contributed by atoms with Gasteiger partial charge < -0.3 is 46.1 Å². The number of benzene rings is 4. The van der Waals surface area contributed by atoms with Crippen LogP contribution in [0.5, 0.6) is 0 Å². The van der Waals surface area contributed by atoms with Crippen molar-refractivity contribution in [2.45, 2.75) is 70.6 Å². The summed E-state index contributed by atoms with van der Waals surface area (Å²) in [5.74, 6) is -2.62. The molecule has 56 heavy (non-hydrogen) atoms. The van der Waals surface area contributed by atoms with Crippen molar-refractivity contribution < 1.29 is 65.2 Å². The van der Waals surface area contributed by atoms with Gasteiger partial charge in [0.05, 0.1) is 0 Å². The first kappa shape index (κ1) is 43.9. The Morgan fingerprint density at radius 2 is 0.946 bits per heavy atom. The zero-order valence-electron chi connectivity index (χ0n) is 31.4. The fourth-order valence-corrected chi connectivity index (χ4v) is 6.69. The molecule has 0 N–H and O–H groups in total. The van der Waals surface area contributed by atoms with Crippen molar-refractivity contribution in [2.24, 2.45) is 0 Å². The van der Waals surface area contributed by atoms with E-state index in [1.54, 1.807) is 0 Å². The zero-order valence-corrected chi connectivity index (χ0v) is 34.4. The largest absolute Gasteiger partial charge is 1.00 e. The second-order valence-electron chi connectivity index (χ2n) is 12.8. The van der Waals surface area contributed by atoms with Crippen molar-refractivity contribution in [1.29, 1.82) is 0 Å². The van der Waals surface area contributed by atoms with Gasteiger partial charge in [0.15, 0.2) is 12.2 Å². The fraction of sp³-hybridized carbons (Fsp3) is 0.279. The van der Waals surface area contributed by atoms with E-state index in [1.165, 1.54) is 40.6 Å². The van der Waals surface area contributed by atoms with Gasteiger partial charge in [-0.1, -0.05) is 121 Å². The molecule has 2 heterocycles. The van der Waals surface area contributed by atoms with Crippen LogP contribution < -0.4 is 0 Å². The number of ether oxygens (including phenoxy) is 5. The predicted octanol–water partition coefficient (Wildman–Crippen LogP) is 6.26. The third-order valence-electron chi connectivity index (χ3n) is 8.51. The predicted molar refractivity (Wildman–Crippen MR) is 207 cm³/mol. The average Bonchev–Trinajstić information content (AvgIpc) is 3.51. The summed E-state index contributed by atoms with van der Waals surface area (Å²) in [5.41, 5.74) is 6.43. The first-order valence-corrected chi connectivity index (χ1v) is 18.2. The van der Waals surface area contributed by atoms with Gasteiger partial charge in [-0.2, -0.15) is 6.67 Å². The number of nitrogens with zero attached hydrogens (tertiary/aromatic N) is 2. The van der Waals surface area contributed by atoms with Crippen LogP contribution in [0, 0.1) is 6.67 Å². The topological polar surface area (TPSA) is 121 Å². The normalized spacial score (nSPS) is 20.1. The van der Waals surface area contributed by atoms with Crippen molar-refractivity contribution in [1.82, 2.24) is 9.80 Å². The van der Waals surface area contributed by atoms with Gasteiger partial charge in [-0.15, -0.1) is 0 Å². The molecule has 0 aliphatic carbocycles. The molecule has 4 aromatic rings. The van der Waals surface area contributed by atoms with Gasteiger partial charge in [-0.3, -0.25) is 19.2 Å². The second kappa shape index (κ2) is 21.5. The van der Waals surface area contributed by atoms with E-state index in [0.29, 0.717) is 0 Å². The molecule has 4 aromatic carbocycles. The molecule has 13 heteroatoms. The van der Waals surface area contributed by atoms with E-state index in [4.69, 9.17) is 36.3 Å². The molecule has 1 fully saturated rings. The van der Waals surface area contributed by atoms with Crippen LogP contribution in [-0.2, 0) is 91.0 Å². The molecule has 5 atom stereocenters. The Morgan fingerprint density at radius 3 is 1.34 bits per heavy atom. The molecule has 11 nitrogen and oxygen atoms in total. The number of rotatable bonds is 11. The van der Waals surface area contributed by atoms with Gasteiger partial charge in [0.1, 0.15) is 18.8 Å².